The first-order valence-corrected chi connectivity index (χ1v) is 8.89. The topological polar surface area (TPSA) is 40.1 Å². The lowest BCUT2D eigenvalue weighted by molar-refractivity contribution is 0.252. The number of benzene rings is 1. The van der Waals surface area contributed by atoms with E-state index in [9.17, 15) is 0 Å². The van der Waals surface area contributed by atoms with Crippen molar-refractivity contribution in [2.45, 2.75) is 45.3 Å². The van der Waals surface area contributed by atoms with E-state index < -0.39 is 0 Å². The molecule has 2 rings (SSSR count). The Hall–Kier alpha value is -1.75. The van der Waals surface area contributed by atoms with E-state index in [1.165, 1.54) is 18.4 Å². The number of methoxy groups -OCH3 is 1. The fourth-order valence-corrected chi connectivity index (χ4v) is 2.74. The molecule has 1 N–H and O–H groups in total. The van der Waals surface area contributed by atoms with Crippen LogP contribution >= 0.6 is 0 Å². The van der Waals surface area contributed by atoms with Gasteiger partial charge in [-0.1, -0.05) is 12.1 Å². The number of rotatable bonds is 8. The van der Waals surface area contributed by atoms with E-state index >= 15 is 0 Å². The monoisotopic (exact) mass is 332 g/mol. The molecule has 0 heterocycles. The number of hydrogen-bond donors (Lipinski definition) is 1. The molecule has 0 spiro atoms. The molecule has 0 radical (unpaired) electrons. The van der Waals surface area contributed by atoms with Gasteiger partial charge in [-0.25, -0.2) is 0 Å². The van der Waals surface area contributed by atoms with Crippen LogP contribution in [0.5, 0.6) is 5.75 Å². The van der Waals surface area contributed by atoms with Gasteiger partial charge in [0.25, 0.3) is 0 Å². The van der Waals surface area contributed by atoms with Crippen LogP contribution in [0.2, 0.25) is 0 Å². The smallest absolute Gasteiger partial charge is 0.194 e. The van der Waals surface area contributed by atoms with Crippen molar-refractivity contribution in [2.24, 2.45) is 4.99 Å². The van der Waals surface area contributed by atoms with Crippen molar-refractivity contribution in [2.75, 3.05) is 34.3 Å². The van der Waals surface area contributed by atoms with E-state index in [2.05, 4.69) is 55.2 Å². The van der Waals surface area contributed by atoms with E-state index in [0.29, 0.717) is 6.04 Å². The summed E-state index contributed by atoms with van der Waals surface area (Å²) in [6.45, 7) is 6.88. The highest BCUT2D eigenvalue weighted by molar-refractivity contribution is 5.79. The van der Waals surface area contributed by atoms with Gasteiger partial charge in [-0.15, -0.1) is 0 Å². The van der Waals surface area contributed by atoms with Gasteiger partial charge in [0.15, 0.2) is 5.96 Å². The zero-order chi connectivity index (χ0) is 17.5. The van der Waals surface area contributed by atoms with E-state index in [1.54, 1.807) is 7.11 Å². The molecule has 0 saturated heterocycles. The summed E-state index contributed by atoms with van der Waals surface area (Å²) in [5, 5.41) is 3.40. The first-order chi connectivity index (χ1) is 11.5. The lowest BCUT2D eigenvalue weighted by Crippen LogP contribution is -2.40. The van der Waals surface area contributed by atoms with Crippen LogP contribution in [0.25, 0.3) is 0 Å². The standard InChI is InChI=1S/C19H32N4O/c1-6-20-19(21-13-15(2)23(4)17-9-10-17)22(3)14-16-7-11-18(24-5)12-8-16/h7-8,11-12,15,17H,6,9-10,13-14H2,1-5H3,(H,20,21). The maximum Gasteiger partial charge on any atom is 0.194 e. The average molecular weight is 332 g/mol. The number of guanidine groups is 1. The fraction of sp³-hybridized carbons (Fsp3) is 0.632. The number of ether oxygens (including phenoxy) is 1. The molecule has 0 bridgehead atoms. The molecular weight excluding hydrogens is 300 g/mol. The van der Waals surface area contributed by atoms with Crippen molar-refractivity contribution in [1.82, 2.24) is 15.1 Å². The first kappa shape index (κ1) is 18.6. The Balaban J connectivity index is 1.94. The fourth-order valence-electron chi connectivity index (χ4n) is 2.74. The molecule has 1 aromatic carbocycles. The summed E-state index contributed by atoms with van der Waals surface area (Å²) in [4.78, 5) is 9.47. The summed E-state index contributed by atoms with van der Waals surface area (Å²) in [5.74, 6) is 1.85. The second kappa shape index (κ2) is 8.92. The number of likely N-dealkylation sites (N-methyl/N-ethyl adjacent to an activating group) is 1. The molecule has 5 nitrogen and oxygen atoms in total. The molecule has 1 fully saturated rings. The molecule has 1 atom stereocenters. The van der Waals surface area contributed by atoms with Gasteiger partial charge in [-0.05, 0) is 51.4 Å². The normalized spacial score (nSPS) is 16.2. The average Bonchev–Trinajstić information content (AvgIpc) is 3.43. The highest BCUT2D eigenvalue weighted by atomic mass is 16.5. The van der Waals surface area contributed by atoms with Crippen molar-refractivity contribution in [3.05, 3.63) is 29.8 Å². The van der Waals surface area contributed by atoms with Gasteiger partial charge in [0.05, 0.1) is 13.7 Å². The van der Waals surface area contributed by atoms with Gasteiger partial charge < -0.3 is 15.0 Å². The second-order valence-electron chi connectivity index (χ2n) is 6.64. The molecular formula is C19H32N4O. The molecule has 1 aliphatic carbocycles. The van der Waals surface area contributed by atoms with Crippen LogP contribution in [0.3, 0.4) is 0 Å². The number of nitrogens with one attached hydrogen (secondary N) is 1. The summed E-state index contributed by atoms with van der Waals surface area (Å²) in [6, 6.07) is 9.44. The van der Waals surface area contributed by atoms with Gasteiger partial charge in [-0.3, -0.25) is 9.89 Å². The van der Waals surface area contributed by atoms with Gasteiger partial charge in [-0.2, -0.15) is 0 Å². The zero-order valence-corrected chi connectivity index (χ0v) is 15.7. The molecule has 134 valence electrons. The molecule has 0 aromatic heterocycles. The van der Waals surface area contributed by atoms with Crippen molar-refractivity contribution in [3.8, 4) is 5.75 Å². The predicted octanol–water partition coefficient (Wildman–Crippen LogP) is 2.58. The molecule has 24 heavy (non-hydrogen) atoms. The van der Waals surface area contributed by atoms with Crippen LogP contribution in [-0.2, 0) is 6.54 Å². The largest absolute Gasteiger partial charge is 0.497 e. The molecule has 1 aliphatic rings. The Kier molecular flexibility index (Phi) is 6.91. The SMILES string of the molecule is CCNC(=NCC(C)N(C)C1CC1)N(C)Cc1ccc(OC)cc1. The molecule has 1 saturated carbocycles. The third-order valence-corrected chi connectivity index (χ3v) is 4.60. The van der Waals surface area contributed by atoms with E-state index in [4.69, 9.17) is 9.73 Å². The second-order valence-corrected chi connectivity index (χ2v) is 6.64. The lowest BCUT2D eigenvalue weighted by atomic mass is 10.2. The summed E-state index contributed by atoms with van der Waals surface area (Å²) < 4.78 is 5.22. The number of hydrogen-bond acceptors (Lipinski definition) is 3. The number of nitrogens with zero attached hydrogens (tertiary/aromatic N) is 3. The highest BCUT2D eigenvalue weighted by Gasteiger charge is 2.28. The third-order valence-electron chi connectivity index (χ3n) is 4.60. The minimum absolute atomic E-state index is 0.473. The Bertz CT molecular complexity index is 525. The van der Waals surface area contributed by atoms with Crippen LogP contribution in [0.4, 0.5) is 0 Å². The summed E-state index contributed by atoms with van der Waals surface area (Å²) in [5.41, 5.74) is 1.24. The molecule has 0 aliphatic heterocycles. The lowest BCUT2D eigenvalue weighted by Gasteiger charge is -2.25. The first-order valence-electron chi connectivity index (χ1n) is 8.89. The minimum atomic E-state index is 0.473. The van der Waals surface area contributed by atoms with E-state index in [1.807, 2.05) is 12.1 Å². The summed E-state index contributed by atoms with van der Waals surface area (Å²) in [7, 11) is 5.99. The summed E-state index contributed by atoms with van der Waals surface area (Å²) in [6.07, 6.45) is 2.67. The highest BCUT2D eigenvalue weighted by Crippen LogP contribution is 2.26. The van der Waals surface area contributed by atoms with E-state index in [-0.39, 0.29) is 0 Å². The van der Waals surface area contributed by atoms with Gasteiger partial charge in [0.1, 0.15) is 5.75 Å². The quantitative estimate of drug-likeness (QED) is 0.587. The maximum atomic E-state index is 5.22. The van der Waals surface area contributed by atoms with Crippen LogP contribution in [-0.4, -0.2) is 62.1 Å². The maximum absolute atomic E-state index is 5.22. The minimum Gasteiger partial charge on any atom is -0.497 e. The zero-order valence-electron chi connectivity index (χ0n) is 15.7. The summed E-state index contributed by atoms with van der Waals surface area (Å²) >= 11 is 0. The molecule has 1 unspecified atom stereocenters. The van der Waals surface area contributed by atoms with Crippen molar-refractivity contribution >= 4 is 5.96 Å². The third kappa shape index (κ3) is 5.41. The van der Waals surface area contributed by atoms with Gasteiger partial charge in [0.2, 0.25) is 0 Å². The molecule has 5 heteroatoms. The Morgan fingerprint density at radius 3 is 2.50 bits per heavy atom. The van der Waals surface area contributed by atoms with Crippen LogP contribution in [0.1, 0.15) is 32.3 Å². The van der Waals surface area contributed by atoms with Crippen LogP contribution in [0, 0.1) is 0 Å². The molecule has 0 amide bonds. The van der Waals surface area contributed by atoms with E-state index in [0.717, 1.165) is 37.4 Å². The van der Waals surface area contributed by atoms with Crippen molar-refractivity contribution in [3.63, 3.8) is 0 Å². The Labute approximate surface area is 146 Å². The predicted molar refractivity (Wildman–Crippen MR) is 101 cm³/mol. The van der Waals surface area contributed by atoms with Crippen molar-refractivity contribution in [1.29, 1.82) is 0 Å². The number of aliphatic imine (C=N–C) groups is 1. The Morgan fingerprint density at radius 1 is 1.29 bits per heavy atom. The Morgan fingerprint density at radius 2 is 1.96 bits per heavy atom. The van der Waals surface area contributed by atoms with Gasteiger partial charge >= 0.3 is 0 Å². The van der Waals surface area contributed by atoms with Crippen LogP contribution < -0.4 is 10.1 Å². The van der Waals surface area contributed by atoms with Gasteiger partial charge in [0, 0.05) is 32.2 Å². The molecule has 1 aromatic rings. The van der Waals surface area contributed by atoms with Crippen molar-refractivity contribution < 1.29 is 4.74 Å². The van der Waals surface area contributed by atoms with Crippen LogP contribution in [0.15, 0.2) is 29.3 Å².